The van der Waals surface area contributed by atoms with Gasteiger partial charge in [0.05, 0.1) is 6.20 Å². The van der Waals surface area contributed by atoms with Crippen LogP contribution < -0.4 is 5.32 Å². The summed E-state index contributed by atoms with van der Waals surface area (Å²) in [5.74, 6) is -1.37. The predicted octanol–water partition coefficient (Wildman–Crippen LogP) is 1.50. The summed E-state index contributed by atoms with van der Waals surface area (Å²) in [6.07, 6.45) is 3.84. The van der Waals surface area contributed by atoms with Crippen molar-refractivity contribution in [2.24, 2.45) is 0 Å². The highest BCUT2D eigenvalue weighted by Gasteiger charge is 2.14. The molecule has 122 valence electrons. The van der Waals surface area contributed by atoms with Crippen LogP contribution in [0, 0.1) is 0 Å². The topological polar surface area (TPSA) is 97.1 Å². The number of hydrogen-bond donors (Lipinski definition) is 2. The van der Waals surface area contributed by atoms with Gasteiger partial charge in [0.1, 0.15) is 6.54 Å². The summed E-state index contributed by atoms with van der Waals surface area (Å²) in [5.41, 5.74) is 0.993. The van der Waals surface area contributed by atoms with Crippen LogP contribution in [0.15, 0.2) is 36.5 Å². The van der Waals surface area contributed by atoms with Crippen molar-refractivity contribution >= 4 is 11.9 Å². The Balaban J connectivity index is 1.93. The molecule has 1 unspecified atom stereocenters. The lowest BCUT2D eigenvalue weighted by molar-refractivity contribution is -0.122. The van der Waals surface area contributed by atoms with Crippen molar-refractivity contribution in [2.45, 2.75) is 38.8 Å². The van der Waals surface area contributed by atoms with Crippen LogP contribution in [-0.2, 0) is 17.8 Å². The number of nitrogens with one attached hydrogen (secondary N) is 1. The Bertz CT molecular complexity index is 654. The number of carbonyl (C=O) groups excluding carboxylic acids is 1. The number of carbonyl (C=O) groups is 2. The molecule has 1 atom stereocenters. The number of benzene rings is 1. The largest absolute Gasteiger partial charge is 0.476 e. The molecule has 0 aliphatic heterocycles. The van der Waals surface area contributed by atoms with Gasteiger partial charge in [0.25, 0.3) is 0 Å². The van der Waals surface area contributed by atoms with E-state index in [2.05, 4.69) is 22.6 Å². The molecule has 0 aliphatic carbocycles. The fraction of sp³-hybridized carbons (Fsp3) is 0.375. The number of aromatic nitrogens is 3. The van der Waals surface area contributed by atoms with Crippen LogP contribution in [-0.4, -0.2) is 38.0 Å². The van der Waals surface area contributed by atoms with Gasteiger partial charge in [0.15, 0.2) is 5.69 Å². The SMILES string of the molecule is CCCC(Cc1ccccc1)NC(=O)Cn1cc(C(=O)O)nn1. The number of rotatable bonds is 8. The molecular weight excluding hydrogens is 296 g/mol. The molecule has 0 spiro atoms. The van der Waals surface area contributed by atoms with Gasteiger partial charge in [0, 0.05) is 6.04 Å². The molecule has 23 heavy (non-hydrogen) atoms. The van der Waals surface area contributed by atoms with Crippen LogP contribution in [0.2, 0.25) is 0 Å². The third kappa shape index (κ3) is 5.21. The van der Waals surface area contributed by atoms with Crippen molar-refractivity contribution < 1.29 is 14.7 Å². The van der Waals surface area contributed by atoms with Crippen LogP contribution in [0.3, 0.4) is 0 Å². The minimum Gasteiger partial charge on any atom is -0.476 e. The zero-order chi connectivity index (χ0) is 16.7. The highest BCUT2D eigenvalue weighted by atomic mass is 16.4. The van der Waals surface area contributed by atoms with Gasteiger partial charge in [-0.3, -0.25) is 4.79 Å². The van der Waals surface area contributed by atoms with E-state index in [0.29, 0.717) is 0 Å². The first-order valence-corrected chi connectivity index (χ1v) is 7.55. The van der Waals surface area contributed by atoms with E-state index < -0.39 is 5.97 Å². The van der Waals surface area contributed by atoms with Gasteiger partial charge in [-0.15, -0.1) is 5.10 Å². The van der Waals surface area contributed by atoms with Crippen molar-refractivity contribution in [1.82, 2.24) is 20.3 Å². The lowest BCUT2D eigenvalue weighted by Gasteiger charge is -2.18. The summed E-state index contributed by atoms with van der Waals surface area (Å²) in [6, 6.07) is 10.0. The van der Waals surface area contributed by atoms with E-state index >= 15 is 0 Å². The van der Waals surface area contributed by atoms with Gasteiger partial charge in [-0.05, 0) is 18.4 Å². The number of amides is 1. The monoisotopic (exact) mass is 316 g/mol. The Morgan fingerprint density at radius 1 is 1.30 bits per heavy atom. The van der Waals surface area contributed by atoms with Crippen molar-refractivity contribution in [3.63, 3.8) is 0 Å². The summed E-state index contributed by atoms with van der Waals surface area (Å²) >= 11 is 0. The molecule has 7 heteroatoms. The smallest absolute Gasteiger partial charge is 0.358 e. The molecule has 1 amide bonds. The predicted molar refractivity (Wildman–Crippen MR) is 84.0 cm³/mol. The molecule has 2 aromatic rings. The second-order valence-electron chi connectivity index (χ2n) is 5.35. The van der Waals surface area contributed by atoms with E-state index in [-0.39, 0.29) is 24.2 Å². The van der Waals surface area contributed by atoms with Crippen molar-refractivity contribution in [3.8, 4) is 0 Å². The van der Waals surface area contributed by atoms with Gasteiger partial charge < -0.3 is 10.4 Å². The minimum absolute atomic E-state index is 0.0392. The standard InChI is InChI=1S/C16H20N4O3/c1-2-6-13(9-12-7-4-3-5-8-12)17-15(21)11-20-10-14(16(22)23)18-19-20/h3-5,7-8,10,13H,2,6,9,11H2,1H3,(H,17,21)(H,22,23). The van der Waals surface area contributed by atoms with E-state index in [1.165, 1.54) is 16.4 Å². The van der Waals surface area contributed by atoms with Gasteiger partial charge in [-0.2, -0.15) is 0 Å². The number of carboxylic acids is 1. The summed E-state index contributed by atoms with van der Waals surface area (Å²) in [6.45, 7) is 2.02. The van der Waals surface area contributed by atoms with Crippen LogP contribution in [0.5, 0.6) is 0 Å². The molecule has 0 saturated heterocycles. The molecule has 2 N–H and O–H groups in total. The lowest BCUT2D eigenvalue weighted by Crippen LogP contribution is -2.38. The van der Waals surface area contributed by atoms with Gasteiger partial charge >= 0.3 is 5.97 Å². The highest BCUT2D eigenvalue weighted by Crippen LogP contribution is 2.07. The number of carboxylic acid groups (broad SMARTS) is 1. The molecule has 2 rings (SSSR count). The van der Waals surface area contributed by atoms with Crippen LogP contribution in [0.1, 0.15) is 35.8 Å². The molecular formula is C16H20N4O3. The first-order valence-electron chi connectivity index (χ1n) is 7.55. The van der Waals surface area contributed by atoms with Gasteiger partial charge in [-0.1, -0.05) is 48.9 Å². The maximum Gasteiger partial charge on any atom is 0.358 e. The third-order valence-corrected chi connectivity index (χ3v) is 3.39. The molecule has 0 saturated carbocycles. The highest BCUT2D eigenvalue weighted by molar-refractivity contribution is 5.84. The van der Waals surface area contributed by atoms with E-state index in [9.17, 15) is 9.59 Å². The Morgan fingerprint density at radius 3 is 2.65 bits per heavy atom. The van der Waals surface area contributed by atoms with Gasteiger partial charge in [-0.25, -0.2) is 9.48 Å². The Labute approximate surface area is 134 Å². The Kier molecular flexibility index (Phi) is 5.85. The number of aromatic carboxylic acids is 1. The second kappa shape index (κ2) is 8.07. The quantitative estimate of drug-likeness (QED) is 0.769. The minimum atomic E-state index is -1.16. The lowest BCUT2D eigenvalue weighted by atomic mass is 10.0. The fourth-order valence-corrected chi connectivity index (χ4v) is 2.37. The van der Waals surface area contributed by atoms with Gasteiger partial charge in [0.2, 0.25) is 5.91 Å². The van der Waals surface area contributed by atoms with E-state index in [0.717, 1.165) is 19.3 Å². The molecule has 1 aromatic heterocycles. The van der Waals surface area contributed by atoms with E-state index in [4.69, 9.17) is 5.11 Å². The molecule has 0 aliphatic rings. The zero-order valence-corrected chi connectivity index (χ0v) is 13.0. The van der Waals surface area contributed by atoms with Crippen LogP contribution >= 0.6 is 0 Å². The van der Waals surface area contributed by atoms with Crippen molar-refractivity contribution in [3.05, 3.63) is 47.8 Å². The fourth-order valence-electron chi connectivity index (χ4n) is 2.37. The zero-order valence-electron chi connectivity index (χ0n) is 13.0. The summed E-state index contributed by atoms with van der Waals surface area (Å²) in [5, 5.41) is 18.9. The molecule has 0 radical (unpaired) electrons. The maximum atomic E-state index is 12.1. The summed E-state index contributed by atoms with van der Waals surface area (Å²) in [7, 11) is 0. The third-order valence-electron chi connectivity index (χ3n) is 3.39. The van der Waals surface area contributed by atoms with Crippen molar-refractivity contribution in [1.29, 1.82) is 0 Å². The first kappa shape index (κ1) is 16.7. The molecule has 0 fully saturated rings. The number of nitrogens with zero attached hydrogens (tertiary/aromatic N) is 3. The van der Waals surface area contributed by atoms with E-state index in [1.54, 1.807) is 0 Å². The molecule has 1 aromatic carbocycles. The second-order valence-corrected chi connectivity index (χ2v) is 5.35. The average molecular weight is 316 g/mol. The van der Waals surface area contributed by atoms with Crippen LogP contribution in [0.25, 0.3) is 0 Å². The maximum absolute atomic E-state index is 12.1. The normalized spacial score (nSPS) is 11.9. The molecule has 1 heterocycles. The Morgan fingerprint density at radius 2 is 2.04 bits per heavy atom. The summed E-state index contributed by atoms with van der Waals surface area (Å²) in [4.78, 5) is 22.9. The summed E-state index contributed by atoms with van der Waals surface area (Å²) < 4.78 is 1.23. The molecule has 7 nitrogen and oxygen atoms in total. The Hall–Kier alpha value is -2.70. The average Bonchev–Trinajstić information content (AvgIpc) is 2.97. The first-order chi connectivity index (χ1) is 11.1. The number of hydrogen-bond acceptors (Lipinski definition) is 4. The molecule has 0 bridgehead atoms. The van der Waals surface area contributed by atoms with E-state index in [1.807, 2.05) is 30.3 Å². The van der Waals surface area contributed by atoms with Crippen LogP contribution in [0.4, 0.5) is 0 Å². The van der Waals surface area contributed by atoms with Crippen molar-refractivity contribution in [2.75, 3.05) is 0 Å².